The van der Waals surface area contributed by atoms with E-state index in [1.807, 2.05) is 0 Å². The zero-order chi connectivity index (χ0) is 9.15. The molecule has 2 N–H and O–H groups in total. The van der Waals surface area contributed by atoms with E-state index in [4.69, 9.17) is 41.2 Å². The second kappa shape index (κ2) is 22.5. The van der Waals surface area contributed by atoms with Crippen LogP contribution in [0.5, 0.6) is 0 Å². The van der Waals surface area contributed by atoms with Crippen LogP contribution in [0.25, 0.3) is 0 Å². The zero-order valence-corrected chi connectivity index (χ0v) is 9.39. The third-order valence-corrected chi connectivity index (χ3v) is 0. The Kier molecular flexibility index (Phi) is 46.0. The fourth-order valence-electron chi connectivity index (χ4n) is 0. The van der Waals surface area contributed by atoms with E-state index in [9.17, 15) is 0 Å². The Morgan fingerprint density at radius 3 is 0.818 bits per heavy atom. The molecule has 0 aliphatic carbocycles. The first-order chi connectivity index (χ1) is 4.46. The molecular weight excluding hydrogens is 293 g/mol. The van der Waals surface area contributed by atoms with Crippen molar-refractivity contribution in [2.45, 2.75) is 0 Å². The number of hydrogen-bond donors (Lipinski definition) is 2. The summed E-state index contributed by atoms with van der Waals surface area (Å²) in [6.45, 7) is 0. The molecule has 0 aromatic heterocycles. The van der Waals surface area contributed by atoms with Crippen molar-refractivity contribution in [3.63, 3.8) is 0 Å². The zero-order valence-electron chi connectivity index (χ0n) is 4.95. The van der Waals surface area contributed by atoms with Gasteiger partial charge in [0.25, 0.3) is 0 Å². The van der Waals surface area contributed by atoms with Gasteiger partial charge in [0, 0.05) is 0 Å². The molecule has 11 heavy (non-hydrogen) atoms. The number of hydrogen-bond acceptors (Lipinski definition) is 8. The first kappa shape index (κ1) is 22.4. The Bertz CT molecular complexity index is 70.1. The van der Waals surface area contributed by atoms with E-state index < -0.39 is 10.2 Å². The van der Waals surface area contributed by atoms with Gasteiger partial charge in [-0.15, -0.1) is 0 Å². The molecule has 0 saturated heterocycles. The van der Waals surface area contributed by atoms with Crippen molar-refractivity contribution in [2.75, 3.05) is 0 Å². The van der Waals surface area contributed by atoms with Crippen LogP contribution in [0.1, 0.15) is 0 Å². The standard InChI is InChI=1S/Ba.2NO3.H2O2/c;2*2-1(3)4;1-2/h;;;1-2H/q+2;2*-1;. The first-order valence-electron chi connectivity index (χ1n) is 1.30. The minimum Gasteiger partial charge on any atom is -0.356 e. The van der Waals surface area contributed by atoms with E-state index in [1.165, 1.54) is 0 Å². The maximum Gasteiger partial charge on any atom is 2.00 e. The molecule has 0 rings (SSSR count). The summed E-state index contributed by atoms with van der Waals surface area (Å²) in [5.74, 6) is 0. The fourth-order valence-corrected chi connectivity index (χ4v) is 0. The van der Waals surface area contributed by atoms with E-state index in [0.717, 1.165) is 0 Å². The van der Waals surface area contributed by atoms with Gasteiger partial charge in [0.2, 0.25) is 0 Å². The van der Waals surface area contributed by atoms with E-state index >= 15 is 0 Å². The summed E-state index contributed by atoms with van der Waals surface area (Å²) in [6.07, 6.45) is 0. The van der Waals surface area contributed by atoms with Crippen LogP contribution >= 0.6 is 0 Å². The summed E-state index contributed by atoms with van der Waals surface area (Å²) in [4.78, 5) is 16.5. The molecule has 0 spiro atoms. The molecule has 0 heterocycles. The largest absolute Gasteiger partial charge is 2.00 e. The average molecular weight is 295 g/mol. The molecule has 0 radical (unpaired) electrons. The van der Waals surface area contributed by atoms with Gasteiger partial charge in [0.1, 0.15) is 0 Å². The van der Waals surface area contributed by atoms with Crippen molar-refractivity contribution < 1.29 is 20.7 Å². The van der Waals surface area contributed by atoms with Crippen molar-refractivity contribution in [1.29, 1.82) is 0 Å². The Morgan fingerprint density at radius 1 is 0.818 bits per heavy atom. The predicted molar refractivity (Wildman–Crippen MR) is 31.7 cm³/mol. The van der Waals surface area contributed by atoms with Crippen LogP contribution in [0.2, 0.25) is 0 Å². The van der Waals surface area contributed by atoms with Crippen molar-refractivity contribution in [3.8, 4) is 0 Å². The van der Waals surface area contributed by atoms with Crippen LogP contribution in [0.3, 0.4) is 0 Å². The smallest absolute Gasteiger partial charge is 0.356 e. The second-order valence-electron chi connectivity index (χ2n) is 0.447. The number of rotatable bonds is 0. The van der Waals surface area contributed by atoms with Crippen molar-refractivity contribution in [2.24, 2.45) is 0 Å². The minimum atomic E-state index is -1.75. The molecule has 62 valence electrons. The Balaban J connectivity index is -0.0000000339. The van der Waals surface area contributed by atoms with Gasteiger partial charge in [0.05, 0.1) is 10.2 Å². The van der Waals surface area contributed by atoms with E-state index in [1.54, 1.807) is 0 Å². The molecule has 11 heteroatoms. The van der Waals surface area contributed by atoms with Crippen molar-refractivity contribution in [3.05, 3.63) is 30.6 Å². The van der Waals surface area contributed by atoms with Crippen molar-refractivity contribution in [1.82, 2.24) is 0 Å². The monoisotopic (exact) mass is 296 g/mol. The van der Waals surface area contributed by atoms with Crippen molar-refractivity contribution >= 4 is 48.9 Å². The summed E-state index contributed by atoms with van der Waals surface area (Å²) < 4.78 is 0. The maximum absolute atomic E-state index is 8.25. The summed E-state index contributed by atoms with van der Waals surface area (Å²) in [5, 5.41) is 41.5. The molecule has 0 aliphatic rings. The third kappa shape index (κ3) is 52300. The molecular formula is H2BaN2O8. The number of nitrogens with zero attached hydrogens (tertiary/aromatic N) is 2. The van der Waals surface area contributed by atoms with E-state index in [-0.39, 0.29) is 48.9 Å². The summed E-state index contributed by atoms with van der Waals surface area (Å²) in [7, 11) is 0. The van der Waals surface area contributed by atoms with Crippen LogP contribution < -0.4 is 0 Å². The van der Waals surface area contributed by atoms with Crippen LogP contribution in [0.15, 0.2) is 0 Å². The molecule has 0 atom stereocenters. The quantitative estimate of drug-likeness (QED) is 0.252. The first-order valence-corrected chi connectivity index (χ1v) is 1.30. The third-order valence-electron chi connectivity index (χ3n) is 0. The minimum absolute atomic E-state index is 0. The normalized spacial score (nSPS) is 4.91. The summed E-state index contributed by atoms with van der Waals surface area (Å²) in [6, 6.07) is 0. The topological polar surface area (TPSA) is 173 Å². The Morgan fingerprint density at radius 2 is 0.818 bits per heavy atom. The molecule has 0 unspecified atom stereocenters. The summed E-state index contributed by atoms with van der Waals surface area (Å²) in [5.41, 5.74) is 0. The molecule has 0 aromatic rings. The van der Waals surface area contributed by atoms with Gasteiger partial charge in [-0.25, -0.2) is 0 Å². The van der Waals surface area contributed by atoms with Gasteiger partial charge in [-0.2, -0.15) is 0 Å². The molecule has 0 amide bonds. The predicted octanol–water partition coefficient (Wildman–Crippen LogP) is -0.842. The van der Waals surface area contributed by atoms with Crippen LogP contribution in [-0.2, 0) is 0 Å². The van der Waals surface area contributed by atoms with E-state index in [0.29, 0.717) is 0 Å². The SMILES string of the molecule is O=[N+]([O-])[O-].O=[N+]([O-])[O-].OO.[Ba+2]. The molecule has 0 bridgehead atoms. The van der Waals surface area contributed by atoms with Gasteiger partial charge in [-0.3, -0.25) is 10.5 Å². The Labute approximate surface area is 99.3 Å². The van der Waals surface area contributed by atoms with Gasteiger partial charge in [-0.1, -0.05) is 0 Å². The van der Waals surface area contributed by atoms with Gasteiger partial charge in [0.15, 0.2) is 0 Å². The molecule has 0 aliphatic heterocycles. The van der Waals surface area contributed by atoms with Gasteiger partial charge < -0.3 is 30.6 Å². The summed E-state index contributed by atoms with van der Waals surface area (Å²) >= 11 is 0. The van der Waals surface area contributed by atoms with Gasteiger partial charge in [-0.05, 0) is 0 Å². The fraction of sp³-hybridized carbons (Fsp3) is 0. The molecule has 0 aromatic carbocycles. The van der Waals surface area contributed by atoms with Gasteiger partial charge >= 0.3 is 48.9 Å². The van der Waals surface area contributed by atoms with E-state index in [2.05, 4.69) is 0 Å². The Hall–Kier alpha value is -0.109. The maximum atomic E-state index is 8.25. The van der Waals surface area contributed by atoms with Crippen LogP contribution in [-0.4, -0.2) is 69.6 Å². The molecule has 10 nitrogen and oxygen atoms in total. The average Bonchev–Trinajstić information content (AvgIpc) is 1.66. The molecule has 0 saturated carbocycles. The van der Waals surface area contributed by atoms with Crippen LogP contribution in [0.4, 0.5) is 0 Å². The van der Waals surface area contributed by atoms with Crippen LogP contribution in [0, 0.1) is 30.6 Å². The molecule has 0 fully saturated rings. The second-order valence-corrected chi connectivity index (χ2v) is 0.447.